The first-order valence-electron chi connectivity index (χ1n) is 7.38. The number of likely N-dealkylation sites (N-methyl/N-ethyl adjacent to an activating group) is 1. The molecule has 2 N–H and O–H groups in total. The van der Waals surface area contributed by atoms with Crippen molar-refractivity contribution in [2.24, 2.45) is 17.1 Å². The Morgan fingerprint density at radius 3 is 2.28 bits per heavy atom. The maximum absolute atomic E-state index is 5.73. The molecule has 18 heavy (non-hydrogen) atoms. The van der Waals surface area contributed by atoms with Crippen molar-refractivity contribution in [1.82, 2.24) is 4.90 Å². The third-order valence-corrected chi connectivity index (χ3v) is 3.71. The van der Waals surface area contributed by atoms with E-state index in [9.17, 15) is 0 Å². The molecule has 0 rings (SSSR count). The van der Waals surface area contributed by atoms with E-state index in [1.54, 1.807) is 0 Å². The summed E-state index contributed by atoms with van der Waals surface area (Å²) < 4.78 is 0. The SMILES string of the molecule is C=C(C)CN(CC)CCCC(CCN)C(C)(C)C. The average Bonchev–Trinajstić information content (AvgIpc) is 2.24. The van der Waals surface area contributed by atoms with E-state index < -0.39 is 0 Å². The van der Waals surface area contributed by atoms with Crippen LogP contribution in [0, 0.1) is 11.3 Å². The summed E-state index contributed by atoms with van der Waals surface area (Å²) in [5.41, 5.74) is 7.36. The van der Waals surface area contributed by atoms with E-state index >= 15 is 0 Å². The van der Waals surface area contributed by atoms with Crippen molar-refractivity contribution in [1.29, 1.82) is 0 Å². The lowest BCUT2D eigenvalue weighted by molar-refractivity contribution is 0.198. The Hall–Kier alpha value is -0.340. The standard InChI is InChI=1S/C16H34N2/c1-7-18(13-14(2)3)12-8-9-15(10-11-17)16(4,5)6/h15H,2,7-13,17H2,1,3-6H3. The highest BCUT2D eigenvalue weighted by Crippen LogP contribution is 2.32. The normalized spacial score (nSPS) is 13.9. The molecule has 2 heteroatoms. The molecule has 0 radical (unpaired) electrons. The minimum atomic E-state index is 0.380. The molecule has 0 aromatic rings. The monoisotopic (exact) mass is 254 g/mol. The van der Waals surface area contributed by atoms with Crippen LogP contribution >= 0.6 is 0 Å². The fourth-order valence-corrected chi connectivity index (χ4v) is 2.50. The van der Waals surface area contributed by atoms with Crippen LogP contribution < -0.4 is 5.73 Å². The van der Waals surface area contributed by atoms with Gasteiger partial charge in [0.2, 0.25) is 0 Å². The van der Waals surface area contributed by atoms with Crippen LogP contribution in [0.1, 0.15) is 53.9 Å². The second-order valence-electron chi connectivity index (χ2n) is 6.61. The number of nitrogens with zero attached hydrogens (tertiary/aromatic N) is 1. The van der Waals surface area contributed by atoms with Gasteiger partial charge in [-0.05, 0) is 57.2 Å². The highest BCUT2D eigenvalue weighted by atomic mass is 15.1. The van der Waals surface area contributed by atoms with Crippen molar-refractivity contribution in [3.63, 3.8) is 0 Å². The minimum absolute atomic E-state index is 0.380. The Morgan fingerprint density at radius 1 is 1.28 bits per heavy atom. The fraction of sp³-hybridized carbons (Fsp3) is 0.875. The molecule has 0 aromatic carbocycles. The van der Waals surface area contributed by atoms with E-state index in [0.29, 0.717) is 5.41 Å². The van der Waals surface area contributed by atoms with E-state index in [4.69, 9.17) is 5.73 Å². The fourth-order valence-electron chi connectivity index (χ4n) is 2.50. The maximum Gasteiger partial charge on any atom is 0.0187 e. The first-order valence-corrected chi connectivity index (χ1v) is 7.38. The first-order chi connectivity index (χ1) is 8.31. The Labute approximate surface area is 115 Å². The number of nitrogens with two attached hydrogens (primary N) is 1. The molecule has 0 fully saturated rings. The zero-order valence-electron chi connectivity index (χ0n) is 13.3. The molecule has 0 saturated heterocycles. The molecule has 0 amide bonds. The second kappa shape index (κ2) is 8.71. The van der Waals surface area contributed by atoms with Gasteiger partial charge < -0.3 is 5.73 Å². The lowest BCUT2D eigenvalue weighted by Crippen LogP contribution is -2.28. The van der Waals surface area contributed by atoms with Gasteiger partial charge in [-0.1, -0.05) is 39.8 Å². The lowest BCUT2D eigenvalue weighted by atomic mass is 9.76. The largest absolute Gasteiger partial charge is 0.330 e. The van der Waals surface area contributed by atoms with Gasteiger partial charge in [0.25, 0.3) is 0 Å². The second-order valence-corrected chi connectivity index (χ2v) is 6.61. The molecule has 2 nitrogen and oxygen atoms in total. The van der Waals surface area contributed by atoms with Gasteiger partial charge >= 0.3 is 0 Å². The van der Waals surface area contributed by atoms with Crippen molar-refractivity contribution in [2.45, 2.75) is 53.9 Å². The summed E-state index contributed by atoms with van der Waals surface area (Å²) in [5, 5.41) is 0. The molecule has 0 aliphatic heterocycles. The molecular formula is C16H34N2. The van der Waals surface area contributed by atoms with E-state index in [1.165, 1.54) is 25.0 Å². The Balaban J connectivity index is 4.08. The predicted molar refractivity (Wildman–Crippen MR) is 82.8 cm³/mol. The molecule has 1 atom stereocenters. The number of hydrogen-bond acceptors (Lipinski definition) is 2. The molecule has 0 bridgehead atoms. The van der Waals surface area contributed by atoms with Gasteiger partial charge in [0.1, 0.15) is 0 Å². The van der Waals surface area contributed by atoms with Crippen molar-refractivity contribution in [2.75, 3.05) is 26.2 Å². The number of hydrogen-bond donors (Lipinski definition) is 1. The van der Waals surface area contributed by atoms with Crippen LogP contribution in [0.3, 0.4) is 0 Å². The van der Waals surface area contributed by atoms with Crippen LogP contribution in [0.5, 0.6) is 0 Å². The van der Waals surface area contributed by atoms with Crippen molar-refractivity contribution >= 4 is 0 Å². The van der Waals surface area contributed by atoms with Crippen molar-refractivity contribution in [3.8, 4) is 0 Å². The van der Waals surface area contributed by atoms with Gasteiger partial charge in [0.15, 0.2) is 0 Å². The molecule has 0 aliphatic rings. The van der Waals surface area contributed by atoms with Gasteiger partial charge in [0.05, 0.1) is 0 Å². The Kier molecular flexibility index (Phi) is 8.54. The summed E-state index contributed by atoms with van der Waals surface area (Å²) >= 11 is 0. The van der Waals surface area contributed by atoms with Gasteiger partial charge in [-0.15, -0.1) is 0 Å². The maximum atomic E-state index is 5.73. The van der Waals surface area contributed by atoms with Crippen LogP contribution in [0.4, 0.5) is 0 Å². The van der Waals surface area contributed by atoms with Gasteiger partial charge in [-0.25, -0.2) is 0 Å². The van der Waals surface area contributed by atoms with E-state index in [2.05, 4.69) is 46.1 Å². The average molecular weight is 254 g/mol. The van der Waals surface area contributed by atoms with Crippen molar-refractivity contribution < 1.29 is 0 Å². The molecule has 108 valence electrons. The summed E-state index contributed by atoms with van der Waals surface area (Å²) in [6.07, 6.45) is 3.70. The van der Waals surface area contributed by atoms with Crippen LogP contribution in [0.2, 0.25) is 0 Å². The van der Waals surface area contributed by atoms with Gasteiger partial charge in [0, 0.05) is 6.54 Å². The molecule has 1 unspecified atom stereocenters. The topological polar surface area (TPSA) is 29.3 Å². The van der Waals surface area contributed by atoms with Gasteiger partial charge in [-0.3, -0.25) is 4.90 Å². The zero-order valence-corrected chi connectivity index (χ0v) is 13.3. The van der Waals surface area contributed by atoms with Crippen LogP contribution in [-0.4, -0.2) is 31.1 Å². The molecule has 0 heterocycles. The van der Waals surface area contributed by atoms with E-state index in [0.717, 1.165) is 32.0 Å². The van der Waals surface area contributed by atoms with Crippen LogP contribution in [-0.2, 0) is 0 Å². The summed E-state index contributed by atoms with van der Waals surface area (Å²) in [7, 11) is 0. The van der Waals surface area contributed by atoms with Gasteiger partial charge in [-0.2, -0.15) is 0 Å². The van der Waals surface area contributed by atoms with Crippen LogP contribution in [0.15, 0.2) is 12.2 Å². The summed E-state index contributed by atoms with van der Waals surface area (Å²) in [5.74, 6) is 0.742. The first kappa shape index (κ1) is 17.7. The van der Waals surface area contributed by atoms with Crippen molar-refractivity contribution in [3.05, 3.63) is 12.2 Å². The Morgan fingerprint density at radius 2 is 1.89 bits per heavy atom. The Bertz CT molecular complexity index is 228. The summed E-state index contributed by atoms with van der Waals surface area (Å²) in [6.45, 7) is 19.5. The molecule has 0 saturated carbocycles. The minimum Gasteiger partial charge on any atom is -0.330 e. The quantitative estimate of drug-likeness (QED) is 0.636. The third-order valence-electron chi connectivity index (χ3n) is 3.71. The number of rotatable bonds is 9. The molecule has 0 spiro atoms. The van der Waals surface area contributed by atoms with Crippen LogP contribution in [0.25, 0.3) is 0 Å². The predicted octanol–water partition coefficient (Wildman–Crippen LogP) is 3.68. The lowest BCUT2D eigenvalue weighted by Gasteiger charge is -2.31. The molecule has 0 aliphatic carbocycles. The van der Waals surface area contributed by atoms with E-state index in [-0.39, 0.29) is 0 Å². The molecular weight excluding hydrogens is 220 g/mol. The third kappa shape index (κ3) is 7.88. The summed E-state index contributed by atoms with van der Waals surface area (Å²) in [4.78, 5) is 2.48. The zero-order chi connectivity index (χ0) is 14.2. The highest BCUT2D eigenvalue weighted by molar-refractivity contribution is 4.91. The molecule has 0 aromatic heterocycles. The summed E-state index contributed by atoms with van der Waals surface area (Å²) in [6, 6.07) is 0. The highest BCUT2D eigenvalue weighted by Gasteiger charge is 2.23. The van der Waals surface area contributed by atoms with E-state index in [1.807, 2.05) is 0 Å². The smallest absolute Gasteiger partial charge is 0.0187 e.